The molecule has 2 amide bonds. The minimum atomic E-state index is -0.502. The number of carbonyl (C=O) groups is 2. The topological polar surface area (TPSA) is 49.9 Å². The molecule has 0 aromatic rings. The van der Waals surface area contributed by atoms with Crippen molar-refractivity contribution in [2.75, 3.05) is 27.2 Å². The summed E-state index contributed by atoms with van der Waals surface area (Å²) in [4.78, 5) is 26.8. The fourth-order valence-electron chi connectivity index (χ4n) is 1.41. The van der Waals surface area contributed by atoms with Crippen LogP contribution in [0.25, 0.3) is 0 Å². The van der Waals surface area contributed by atoms with Crippen LogP contribution in [0.15, 0.2) is 0 Å². The first-order valence-electron chi connectivity index (χ1n) is 6.54. The Hall–Kier alpha value is -1.26. The highest BCUT2D eigenvalue weighted by atomic mass is 16.6. The van der Waals surface area contributed by atoms with E-state index in [-0.39, 0.29) is 12.0 Å². The second-order valence-corrected chi connectivity index (χ2v) is 6.88. The van der Waals surface area contributed by atoms with E-state index in [1.807, 2.05) is 41.5 Å². The molecule has 0 atom stereocenters. The maximum absolute atomic E-state index is 12.0. The van der Waals surface area contributed by atoms with Crippen LogP contribution in [0, 0.1) is 5.41 Å². The lowest BCUT2D eigenvalue weighted by atomic mass is 9.95. The zero-order valence-corrected chi connectivity index (χ0v) is 13.5. The molecule has 0 fully saturated rings. The fourth-order valence-corrected chi connectivity index (χ4v) is 1.41. The summed E-state index contributed by atoms with van der Waals surface area (Å²) in [6.07, 6.45) is -0.371. The van der Waals surface area contributed by atoms with Crippen molar-refractivity contribution in [2.24, 2.45) is 5.41 Å². The van der Waals surface area contributed by atoms with Crippen molar-refractivity contribution >= 4 is 12.0 Å². The monoisotopic (exact) mass is 272 g/mol. The van der Waals surface area contributed by atoms with Gasteiger partial charge in [0.2, 0.25) is 5.91 Å². The minimum Gasteiger partial charge on any atom is -0.444 e. The second-order valence-electron chi connectivity index (χ2n) is 6.88. The number of ether oxygens (including phenoxy) is 1. The molecule has 0 unspecified atom stereocenters. The molecule has 0 saturated carbocycles. The molecule has 0 aliphatic rings. The van der Waals surface area contributed by atoms with Gasteiger partial charge < -0.3 is 14.5 Å². The summed E-state index contributed by atoms with van der Waals surface area (Å²) in [5, 5.41) is 0. The molecule has 112 valence electrons. The molecule has 0 aliphatic carbocycles. The van der Waals surface area contributed by atoms with E-state index in [1.165, 1.54) is 4.90 Å². The van der Waals surface area contributed by atoms with Crippen LogP contribution in [-0.4, -0.2) is 54.6 Å². The van der Waals surface area contributed by atoms with Crippen LogP contribution in [0.4, 0.5) is 4.79 Å². The Morgan fingerprint density at radius 3 is 1.68 bits per heavy atom. The summed E-state index contributed by atoms with van der Waals surface area (Å²) < 4.78 is 5.24. The van der Waals surface area contributed by atoms with Gasteiger partial charge in [-0.2, -0.15) is 0 Å². The van der Waals surface area contributed by atoms with Crippen LogP contribution in [0.1, 0.15) is 41.5 Å². The third-order valence-electron chi connectivity index (χ3n) is 2.46. The van der Waals surface area contributed by atoms with Gasteiger partial charge in [0.1, 0.15) is 5.60 Å². The molecule has 0 saturated heterocycles. The van der Waals surface area contributed by atoms with Gasteiger partial charge in [-0.1, -0.05) is 20.8 Å². The fraction of sp³-hybridized carbons (Fsp3) is 0.857. The summed E-state index contributed by atoms with van der Waals surface area (Å²) in [5.74, 6) is 0.0603. The molecule has 0 aliphatic heterocycles. The zero-order valence-electron chi connectivity index (χ0n) is 13.5. The average Bonchev–Trinajstić information content (AvgIpc) is 2.20. The Bertz CT molecular complexity index is 327. The van der Waals surface area contributed by atoms with E-state index in [9.17, 15) is 9.59 Å². The van der Waals surface area contributed by atoms with Crippen molar-refractivity contribution in [3.05, 3.63) is 0 Å². The zero-order chi connectivity index (χ0) is 15.4. The molecule has 0 radical (unpaired) electrons. The highest BCUT2D eigenvalue weighted by Crippen LogP contribution is 2.16. The number of hydrogen-bond acceptors (Lipinski definition) is 3. The average molecular weight is 272 g/mol. The number of hydrogen-bond donors (Lipinski definition) is 0. The van der Waals surface area contributed by atoms with Gasteiger partial charge in [0, 0.05) is 32.6 Å². The van der Waals surface area contributed by atoms with E-state index in [1.54, 1.807) is 19.0 Å². The summed E-state index contributed by atoms with van der Waals surface area (Å²) in [6.45, 7) is 12.1. The lowest BCUT2D eigenvalue weighted by molar-refractivity contribution is -0.138. The van der Waals surface area contributed by atoms with Crippen molar-refractivity contribution in [1.29, 1.82) is 0 Å². The SMILES string of the molecule is CN(CCN(C)C(=O)C(C)(C)C)C(=O)OC(C)(C)C. The number of likely N-dealkylation sites (N-methyl/N-ethyl adjacent to an activating group) is 2. The Morgan fingerprint density at radius 1 is 0.895 bits per heavy atom. The van der Waals surface area contributed by atoms with Gasteiger partial charge in [-0.25, -0.2) is 4.79 Å². The first-order valence-corrected chi connectivity index (χ1v) is 6.54. The molecule has 5 nitrogen and oxygen atoms in total. The Labute approximate surface area is 116 Å². The molecule has 0 spiro atoms. The van der Waals surface area contributed by atoms with Crippen LogP contribution in [-0.2, 0) is 9.53 Å². The van der Waals surface area contributed by atoms with Gasteiger partial charge in [-0.05, 0) is 20.8 Å². The normalized spacial score (nSPS) is 12.0. The van der Waals surface area contributed by atoms with E-state index < -0.39 is 11.0 Å². The predicted octanol–water partition coefficient (Wildman–Crippen LogP) is 2.36. The van der Waals surface area contributed by atoms with Gasteiger partial charge in [0.15, 0.2) is 0 Å². The third-order valence-corrected chi connectivity index (χ3v) is 2.46. The van der Waals surface area contributed by atoms with E-state index >= 15 is 0 Å². The maximum atomic E-state index is 12.0. The van der Waals surface area contributed by atoms with Crippen molar-refractivity contribution in [3.8, 4) is 0 Å². The van der Waals surface area contributed by atoms with Gasteiger partial charge in [-0.3, -0.25) is 4.79 Å². The Kier molecular flexibility index (Phi) is 5.84. The van der Waals surface area contributed by atoms with Crippen molar-refractivity contribution < 1.29 is 14.3 Å². The van der Waals surface area contributed by atoms with Gasteiger partial charge in [0.25, 0.3) is 0 Å². The standard InChI is InChI=1S/C14H28N2O3/c1-13(2,3)11(17)15(7)9-10-16(8)12(18)19-14(4,5)6/h9-10H2,1-8H3. The number of carbonyl (C=O) groups excluding carboxylic acids is 2. The van der Waals surface area contributed by atoms with Crippen LogP contribution in [0.3, 0.4) is 0 Å². The van der Waals surface area contributed by atoms with Crippen molar-refractivity contribution in [2.45, 2.75) is 47.1 Å². The summed E-state index contributed by atoms with van der Waals surface area (Å²) in [5.41, 5.74) is -0.905. The molecule has 0 heterocycles. The molecular formula is C14H28N2O3. The highest BCUT2D eigenvalue weighted by molar-refractivity contribution is 5.81. The summed E-state index contributed by atoms with van der Waals surface area (Å²) in [7, 11) is 3.42. The van der Waals surface area contributed by atoms with Crippen LogP contribution < -0.4 is 0 Å². The molecule has 5 heteroatoms. The second kappa shape index (κ2) is 6.26. The summed E-state index contributed by atoms with van der Waals surface area (Å²) >= 11 is 0. The molecule has 0 rings (SSSR count). The lowest BCUT2D eigenvalue weighted by Crippen LogP contribution is -2.42. The molecule has 0 aromatic heterocycles. The highest BCUT2D eigenvalue weighted by Gasteiger charge is 2.25. The number of nitrogens with zero attached hydrogens (tertiary/aromatic N) is 2. The quantitative estimate of drug-likeness (QED) is 0.792. The van der Waals surface area contributed by atoms with E-state index in [2.05, 4.69) is 0 Å². The molecule has 0 aromatic carbocycles. The Morgan fingerprint density at radius 2 is 1.32 bits per heavy atom. The smallest absolute Gasteiger partial charge is 0.410 e. The number of amides is 2. The van der Waals surface area contributed by atoms with Crippen LogP contribution in [0.2, 0.25) is 0 Å². The molecular weight excluding hydrogens is 244 g/mol. The third kappa shape index (κ3) is 7.03. The maximum Gasteiger partial charge on any atom is 0.410 e. The minimum absolute atomic E-state index is 0.0603. The van der Waals surface area contributed by atoms with Gasteiger partial charge >= 0.3 is 6.09 Å². The molecule has 0 bridgehead atoms. The largest absolute Gasteiger partial charge is 0.444 e. The molecule has 19 heavy (non-hydrogen) atoms. The van der Waals surface area contributed by atoms with Gasteiger partial charge in [-0.15, -0.1) is 0 Å². The van der Waals surface area contributed by atoms with E-state index in [4.69, 9.17) is 4.74 Å². The van der Waals surface area contributed by atoms with Crippen molar-refractivity contribution in [3.63, 3.8) is 0 Å². The Balaban J connectivity index is 4.27. The predicted molar refractivity (Wildman–Crippen MR) is 76.0 cm³/mol. The van der Waals surface area contributed by atoms with E-state index in [0.29, 0.717) is 13.1 Å². The summed E-state index contributed by atoms with van der Waals surface area (Å²) in [6, 6.07) is 0. The molecule has 0 N–H and O–H groups in total. The lowest BCUT2D eigenvalue weighted by Gasteiger charge is -2.29. The van der Waals surface area contributed by atoms with Crippen molar-refractivity contribution in [1.82, 2.24) is 9.80 Å². The first-order chi connectivity index (χ1) is 8.34. The van der Waals surface area contributed by atoms with Crippen LogP contribution >= 0.6 is 0 Å². The number of rotatable bonds is 3. The van der Waals surface area contributed by atoms with Gasteiger partial charge in [0.05, 0.1) is 0 Å². The van der Waals surface area contributed by atoms with Crippen LogP contribution in [0.5, 0.6) is 0 Å². The first kappa shape index (κ1) is 17.7. The van der Waals surface area contributed by atoms with E-state index in [0.717, 1.165) is 0 Å².